The van der Waals surface area contributed by atoms with Gasteiger partial charge in [-0.05, 0) is 30.7 Å². The zero-order chi connectivity index (χ0) is 17.4. The van der Waals surface area contributed by atoms with Gasteiger partial charge in [0.05, 0.1) is 23.5 Å². The number of ether oxygens (including phenoxy) is 1. The number of benzene rings is 2. The molecule has 2 N–H and O–H groups in total. The number of unbranched alkanes of at least 4 members (excludes halogenated alkanes) is 1. The first-order chi connectivity index (χ1) is 11.6. The molecule has 24 heavy (non-hydrogen) atoms. The number of amides is 2. The Morgan fingerprint density at radius 3 is 2.33 bits per heavy atom. The Morgan fingerprint density at radius 2 is 1.62 bits per heavy atom. The summed E-state index contributed by atoms with van der Waals surface area (Å²) in [6, 6.07) is 13.4. The fraction of sp³-hybridized carbons (Fsp3) is 0.222. The third-order valence-corrected chi connectivity index (χ3v) is 3.67. The van der Waals surface area contributed by atoms with Gasteiger partial charge >= 0.3 is 12.0 Å². The number of esters is 1. The second-order valence-corrected chi connectivity index (χ2v) is 5.61. The molecule has 0 unspecified atom stereocenters. The van der Waals surface area contributed by atoms with E-state index in [4.69, 9.17) is 4.74 Å². The number of anilines is 2. The summed E-state index contributed by atoms with van der Waals surface area (Å²) in [5, 5.41) is 5.37. The van der Waals surface area contributed by atoms with Crippen molar-refractivity contribution in [2.75, 3.05) is 17.2 Å². The molecule has 6 heteroatoms. The number of thiol groups is 1. The molecule has 0 saturated heterocycles. The van der Waals surface area contributed by atoms with Gasteiger partial charge in [-0.3, -0.25) is 0 Å². The molecular formula is C18H20N2O3S. The van der Waals surface area contributed by atoms with E-state index in [0.717, 1.165) is 12.8 Å². The molecular weight excluding hydrogens is 324 g/mol. The van der Waals surface area contributed by atoms with E-state index in [2.05, 4.69) is 23.3 Å². The molecule has 0 atom stereocenters. The van der Waals surface area contributed by atoms with Gasteiger partial charge in [0.15, 0.2) is 0 Å². The van der Waals surface area contributed by atoms with Crippen LogP contribution in [0.1, 0.15) is 30.1 Å². The Kier molecular flexibility index (Phi) is 6.69. The molecule has 0 heterocycles. The zero-order valence-electron chi connectivity index (χ0n) is 13.4. The van der Waals surface area contributed by atoms with Gasteiger partial charge in [0.2, 0.25) is 0 Å². The van der Waals surface area contributed by atoms with E-state index in [1.165, 1.54) is 0 Å². The number of urea groups is 1. The van der Waals surface area contributed by atoms with Crippen molar-refractivity contribution in [1.82, 2.24) is 0 Å². The van der Waals surface area contributed by atoms with Crippen LogP contribution < -0.4 is 10.6 Å². The van der Waals surface area contributed by atoms with Crippen LogP contribution >= 0.6 is 12.6 Å². The lowest BCUT2D eigenvalue weighted by Gasteiger charge is -2.12. The molecule has 0 aromatic heterocycles. The van der Waals surface area contributed by atoms with Gasteiger partial charge in [-0.1, -0.05) is 37.6 Å². The lowest BCUT2D eigenvalue weighted by Crippen LogP contribution is -2.21. The first-order valence-electron chi connectivity index (χ1n) is 7.74. The number of hydrogen-bond acceptors (Lipinski definition) is 4. The molecule has 5 nitrogen and oxygen atoms in total. The number of carbonyl (C=O) groups is 2. The Labute approximate surface area is 146 Å². The summed E-state index contributed by atoms with van der Waals surface area (Å²) in [5.41, 5.74) is 1.30. The summed E-state index contributed by atoms with van der Waals surface area (Å²) in [6.07, 6.45) is 1.75. The predicted molar refractivity (Wildman–Crippen MR) is 98.0 cm³/mol. The van der Waals surface area contributed by atoms with E-state index >= 15 is 0 Å². The summed E-state index contributed by atoms with van der Waals surface area (Å²) in [5.74, 6) is -0.450. The van der Waals surface area contributed by atoms with Crippen LogP contribution in [0.5, 0.6) is 0 Å². The lowest BCUT2D eigenvalue weighted by atomic mass is 10.2. The minimum atomic E-state index is -0.453. The molecule has 0 spiro atoms. The molecule has 0 bridgehead atoms. The quantitative estimate of drug-likeness (QED) is 0.408. The summed E-state index contributed by atoms with van der Waals surface area (Å²) >= 11 is 4.28. The Bertz CT molecular complexity index is 719. The maximum absolute atomic E-state index is 12.2. The van der Waals surface area contributed by atoms with E-state index in [0.29, 0.717) is 28.4 Å². The van der Waals surface area contributed by atoms with Crippen LogP contribution in [0.4, 0.5) is 16.2 Å². The van der Waals surface area contributed by atoms with Gasteiger partial charge in [0.25, 0.3) is 0 Å². The number of carbonyl (C=O) groups excluding carboxylic acids is 2. The minimum Gasteiger partial charge on any atom is -0.462 e. The first kappa shape index (κ1) is 17.9. The monoisotopic (exact) mass is 344 g/mol. The van der Waals surface area contributed by atoms with Crippen molar-refractivity contribution in [3.8, 4) is 0 Å². The molecule has 2 amide bonds. The molecule has 126 valence electrons. The van der Waals surface area contributed by atoms with Gasteiger partial charge in [-0.2, -0.15) is 0 Å². The Hall–Kier alpha value is -2.47. The number of nitrogens with one attached hydrogen (secondary N) is 2. The number of para-hydroxylation sites is 2. The molecule has 0 fully saturated rings. The second kappa shape index (κ2) is 8.98. The second-order valence-electron chi connectivity index (χ2n) is 5.13. The van der Waals surface area contributed by atoms with Crippen LogP contribution in [-0.2, 0) is 4.74 Å². The van der Waals surface area contributed by atoms with E-state index in [9.17, 15) is 9.59 Å². The van der Waals surface area contributed by atoms with Crippen molar-refractivity contribution < 1.29 is 14.3 Å². The highest BCUT2D eigenvalue weighted by Crippen LogP contribution is 2.20. The molecule has 0 aliphatic rings. The summed E-state index contributed by atoms with van der Waals surface area (Å²) in [4.78, 5) is 24.9. The maximum Gasteiger partial charge on any atom is 0.340 e. The van der Waals surface area contributed by atoms with Gasteiger partial charge in [0, 0.05) is 4.90 Å². The van der Waals surface area contributed by atoms with Crippen molar-refractivity contribution in [2.24, 2.45) is 0 Å². The van der Waals surface area contributed by atoms with Crippen molar-refractivity contribution >= 4 is 36.0 Å². The minimum absolute atomic E-state index is 0.322. The van der Waals surface area contributed by atoms with E-state index < -0.39 is 12.0 Å². The summed E-state index contributed by atoms with van der Waals surface area (Å²) < 4.78 is 5.21. The van der Waals surface area contributed by atoms with Crippen LogP contribution in [0.3, 0.4) is 0 Å². The summed E-state index contributed by atoms with van der Waals surface area (Å²) in [6.45, 7) is 2.38. The van der Waals surface area contributed by atoms with Crippen LogP contribution in [0.15, 0.2) is 53.4 Å². The van der Waals surface area contributed by atoms with Crippen LogP contribution in [-0.4, -0.2) is 18.6 Å². The maximum atomic E-state index is 12.2. The largest absolute Gasteiger partial charge is 0.462 e. The van der Waals surface area contributed by atoms with E-state index in [-0.39, 0.29) is 0 Å². The summed E-state index contributed by atoms with van der Waals surface area (Å²) in [7, 11) is 0. The van der Waals surface area contributed by atoms with Gasteiger partial charge in [-0.25, -0.2) is 9.59 Å². The fourth-order valence-electron chi connectivity index (χ4n) is 2.01. The van der Waals surface area contributed by atoms with Crippen molar-refractivity contribution in [3.63, 3.8) is 0 Å². The topological polar surface area (TPSA) is 67.4 Å². The van der Waals surface area contributed by atoms with Crippen molar-refractivity contribution in [1.29, 1.82) is 0 Å². The van der Waals surface area contributed by atoms with Gasteiger partial charge in [-0.15, -0.1) is 12.6 Å². The van der Waals surface area contributed by atoms with Gasteiger partial charge in [0.1, 0.15) is 0 Å². The molecule has 0 radical (unpaired) electrons. The molecule has 2 rings (SSSR count). The van der Waals surface area contributed by atoms with Gasteiger partial charge < -0.3 is 15.4 Å². The average molecular weight is 344 g/mol. The third-order valence-electron chi connectivity index (χ3n) is 3.28. The first-order valence-corrected chi connectivity index (χ1v) is 8.18. The van der Waals surface area contributed by atoms with E-state index in [1.807, 2.05) is 13.0 Å². The fourth-order valence-corrected chi connectivity index (χ4v) is 2.23. The smallest absolute Gasteiger partial charge is 0.340 e. The third kappa shape index (κ3) is 5.03. The van der Waals surface area contributed by atoms with Crippen molar-refractivity contribution in [2.45, 2.75) is 24.7 Å². The number of rotatable bonds is 6. The molecule has 2 aromatic carbocycles. The lowest BCUT2D eigenvalue weighted by molar-refractivity contribution is 0.0501. The zero-order valence-corrected chi connectivity index (χ0v) is 14.3. The van der Waals surface area contributed by atoms with E-state index in [1.54, 1.807) is 42.5 Å². The van der Waals surface area contributed by atoms with Crippen LogP contribution in [0, 0.1) is 0 Å². The molecule has 2 aromatic rings. The highest BCUT2D eigenvalue weighted by Gasteiger charge is 2.14. The number of hydrogen-bond donors (Lipinski definition) is 3. The standard InChI is InChI=1S/C18H20N2O3S/c1-2-3-12-23-17(21)13-8-4-5-9-14(13)19-18(22)20-15-10-6-7-11-16(15)24/h4-11,24H,2-3,12H2,1H3,(H2,19,20,22). The normalized spacial score (nSPS) is 10.1. The molecule has 0 aliphatic carbocycles. The molecule has 0 saturated carbocycles. The highest BCUT2D eigenvalue weighted by molar-refractivity contribution is 7.80. The SMILES string of the molecule is CCCCOC(=O)c1ccccc1NC(=O)Nc1ccccc1S. The Morgan fingerprint density at radius 1 is 1.00 bits per heavy atom. The average Bonchev–Trinajstić information content (AvgIpc) is 2.57. The highest BCUT2D eigenvalue weighted by atomic mass is 32.1. The molecule has 0 aliphatic heterocycles. The Balaban J connectivity index is 2.05. The predicted octanol–water partition coefficient (Wildman–Crippen LogP) is 4.58. The van der Waals surface area contributed by atoms with Crippen LogP contribution in [0.25, 0.3) is 0 Å². The van der Waals surface area contributed by atoms with Crippen molar-refractivity contribution in [3.05, 3.63) is 54.1 Å². The van der Waals surface area contributed by atoms with Crippen LogP contribution in [0.2, 0.25) is 0 Å².